The zero-order valence-electron chi connectivity index (χ0n) is 14.8. The van der Waals surface area contributed by atoms with Gasteiger partial charge in [0.1, 0.15) is 6.04 Å². The predicted molar refractivity (Wildman–Crippen MR) is 91.1 cm³/mol. The lowest BCUT2D eigenvalue weighted by Gasteiger charge is -2.40. The smallest absolute Gasteiger partial charge is 0.328 e. The molecule has 2 heterocycles. The van der Waals surface area contributed by atoms with Crippen molar-refractivity contribution in [2.24, 2.45) is 0 Å². The number of nitrogens with zero attached hydrogens (tertiary/aromatic N) is 1. The maximum Gasteiger partial charge on any atom is 0.328 e. The Morgan fingerprint density at radius 3 is 2.44 bits per heavy atom. The molecule has 1 aromatic carbocycles. The first-order valence-corrected chi connectivity index (χ1v) is 8.67. The number of likely N-dealkylation sites (tertiary alicyclic amines) is 1. The number of methoxy groups -OCH3 is 2. The molecule has 6 nitrogen and oxygen atoms in total. The number of carbonyl (C=O) groups is 2. The van der Waals surface area contributed by atoms with E-state index in [9.17, 15) is 9.59 Å². The molecular weight excluding hydrogens is 322 g/mol. The van der Waals surface area contributed by atoms with Crippen molar-refractivity contribution in [3.63, 3.8) is 0 Å². The second-order valence-corrected chi connectivity index (χ2v) is 6.65. The summed E-state index contributed by atoms with van der Waals surface area (Å²) in [6.45, 7) is 1.47. The van der Waals surface area contributed by atoms with Crippen LogP contribution in [-0.4, -0.2) is 62.9 Å². The lowest BCUT2D eigenvalue weighted by molar-refractivity contribution is -0.154. The van der Waals surface area contributed by atoms with E-state index in [0.717, 1.165) is 5.56 Å². The average molecular weight is 347 g/mol. The summed E-state index contributed by atoms with van der Waals surface area (Å²) in [5, 5.41) is 0. The molecule has 2 fully saturated rings. The standard InChI is InChI=1S/C19H25NO5/c1-23-15-12-16(17(21)24-2)20(13-15)18(22)19(8-10-25-11-9-19)14-6-4-3-5-7-14/h3-7,15-16H,8-13H2,1-2H3/t15-,16+/m1/s1. The fourth-order valence-electron chi connectivity index (χ4n) is 3.93. The van der Waals surface area contributed by atoms with E-state index >= 15 is 0 Å². The normalized spacial score (nSPS) is 25.6. The van der Waals surface area contributed by atoms with E-state index in [2.05, 4.69) is 0 Å². The van der Waals surface area contributed by atoms with Gasteiger partial charge in [-0.1, -0.05) is 30.3 Å². The molecule has 2 saturated heterocycles. The van der Waals surface area contributed by atoms with E-state index in [1.165, 1.54) is 7.11 Å². The first kappa shape index (κ1) is 17.9. The van der Waals surface area contributed by atoms with Gasteiger partial charge in [0.25, 0.3) is 0 Å². The topological polar surface area (TPSA) is 65.1 Å². The molecule has 0 radical (unpaired) electrons. The van der Waals surface area contributed by atoms with E-state index in [4.69, 9.17) is 14.2 Å². The van der Waals surface area contributed by atoms with Gasteiger partial charge >= 0.3 is 5.97 Å². The van der Waals surface area contributed by atoms with Crippen molar-refractivity contribution in [1.29, 1.82) is 0 Å². The lowest BCUT2D eigenvalue weighted by atomic mass is 9.73. The highest BCUT2D eigenvalue weighted by atomic mass is 16.5. The van der Waals surface area contributed by atoms with E-state index < -0.39 is 11.5 Å². The van der Waals surface area contributed by atoms with Crippen LogP contribution in [0.15, 0.2) is 30.3 Å². The van der Waals surface area contributed by atoms with E-state index in [1.54, 1.807) is 12.0 Å². The number of amides is 1. The predicted octanol–water partition coefficient (Wildman–Crippen LogP) is 1.52. The highest BCUT2D eigenvalue weighted by molar-refractivity contribution is 5.92. The summed E-state index contributed by atoms with van der Waals surface area (Å²) >= 11 is 0. The van der Waals surface area contributed by atoms with Crippen molar-refractivity contribution in [3.8, 4) is 0 Å². The molecule has 6 heteroatoms. The molecule has 25 heavy (non-hydrogen) atoms. The van der Waals surface area contributed by atoms with Crippen LogP contribution in [0, 0.1) is 0 Å². The number of ether oxygens (including phenoxy) is 3. The minimum Gasteiger partial charge on any atom is -0.467 e. The van der Waals surface area contributed by atoms with Crippen LogP contribution in [0.5, 0.6) is 0 Å². The summed E-state index contributed by atoms with van der Waals surface area (Å²) in [6, 6.07) is 9.21. The van der Waals surface area contributed by atoms with E-state index in [1.807, 2.05) is 30.3 Å². The molecule has 1 aromatic rings. The zero-order valence-corrected chi connectivity index (χ0v) is 14.8. The van der Waals surface area contributed by atoms with Gasteiger partial charge in [0.15, 0.2) is 0 Å². The molecule has 0 saturated carbocycles. The van der Waals surface area contributed by atoms with Gasteiger partial charge in [-0.3, -0.25) is 4.79 Å². The monoisotopic (exact) mass is 347 g/mol. The molecule has 136 valence electrons. The molecule has 2 atom stereocenters. The van der Waals surface area contributed by atoms with Gasteiger partial charge < -0.3 is 19.1 Å². The quantitative estimate of drug-likeness (QED) is 0.773. The molecule has 1 amide bonds. The van der Waals surface area contributed by atoms with Crippen molar-refractivity contribution < 1.29 is 23.8 Å². The Morgan fingerprint density at radius 1 is 1.16 bits per heavy atom. The number of hydrogen-bond donors (Lipinski definition) is 0. The van der Waals surface area contributed by atoms with Crippen LogP contribution in [-0.2, 0) is 29.2 Å². The summed E-state index contributed by atoms with van der Waals surface area (Å²) in [5.74, 6) is -0.417. The molecule has 0 spiro atoms. The van der Waals surface area contributed by atoms with E-state index in [0.29, 0.717) is 39.0 Å². The minimum absolute atomic E-state index is 0.0306. The number of benzene rings is 1. The van der Waals surface area contributed by atoms with Gasteiger partial charge in [-0.15, -0.1) is 0 Å². The first-order valence-electron chi connectivity index (χ1n) is 8.67. The van der Waals surface area contributed by atoms with Crippen LogP contribution >= 0.6 is 0 Å². The summed E-state index contributed by atoms with van der Waals surface area (Å²) in [6.07, 6.45) is 1.53. The lowest BCUT2D eigenvalue weighted by Crippen LogP contribution is -2.53. The Balaban J connectivity index is 1.95. The molecule has 2 aliphatic heterocycles. The highest BCUT2D eigenvalue weighted by Crippen LogP contribution is 2.39. The Hall–Kier alpha value is -1.92. The van der Waals surface area contributed by atoms with Crippen LogP contribution in [0.2, 0.25) is 0 Å². The molecule has 0 aromatic heterocycles. The van der Waals surface area contributed by atoms with Crippen molar-refractivity contribution in [2.75, 3.05) is 34.0 Å². The largest absolute Gasteiger partial charge is 0.467 e. The second-order valence-electron chi connectivity index (χ2n) is 6.65. The average Bonchev–Trinajstić information content (AvgIpc) is 3.12. The van der Waals surface area contributed by atoms with Crippen LogP contribution in [0.3, 0.4) is 0 Å². The van der Waals surface area contributed by atoms with Gasteiger partial charge in [-0.05, 0) is 18.4 Å². The third-order valence-corrected chi connectivity index (χ3v) is 5.41. The SMILES string of the molecule is COC(=O)[C@@H]1C[C@@H](OC)CN1C(=O)C1(c2ccccc2)CCOCC1. The Morgan fingerprint density at radius 2 is 1.84 bits per heavy atom. The third kappa shape index (κ3) is 3.28. The summed E-state index contributed by atoms with van der Waals surface area (Å²) in [5.41, 5.74) is 0.321. The van der Waals surface area contributed by atoms with Gasteiger partial charge in [0.2, 0.25) is 5.91 Å². The Bertz CT molecular complexity index is 612. The Kier molecular flexibility index (Phi) is 5.39. The molecular formula is C19H25NO5. The van der Waals surface area contributed by atoms with Crippen molar-refractivity contribution >= 4 is 11.9 Å². The fraction of sp³-hybridized carbons (Fsp3) is 0.579. The number of esters is 1. The van der Waals surface area contributed by atoms with Gasteiger partial charge in [0.05, 0.1) is 18.6 Å². The molecule has 2 aliphatic rings. The van der Waals surface area contributed by atoms with Crippen molar-refractivity contribution in [3.05, 3.63) is 35.9 Å². The van der Waals surface area contributed by atoms with Gasteiger partial charge in [0, 0.05) is 33.3 Å². The molecule has 0 N–H and O–H groups in total. The van der Waals surface area contributed by atoms with Crippen LogP contribution < -0.4 is 0 Å². The van der Waals surface area contributed by atoms with Crippen LogP contribution in [0.25, 0.3) is 0 Å². The van der Waals surface area contributed by atoms with Gasteiger partial charge in [-0.25, -0.2) is 4.79 Å². The second kappa shape index (κ2) is 7.54. The molecule has 3 rings (SSSR count). The van der Waals surface area contributed by atoms with Crippen LogP contribution in [0.4, 0.5) is 0 Å². The molecule has 0 bridgehead atoms. The highest BCUT2D eigenvalue weighted by Gasteiger charge is 2.50. The summed E-state index contributed by atoms with van der Waals surface area (Å²) in [7, 11) is 2.96. The summed E-state index contributed by atoms with van der Waals surface area (Å²) < 4.78 is 15.8. The van der Waals surface area contributed by atoms with Crippen LogP contribution in [0.1, 0.15) is 24.8 Å². The zero-order chi connectivity index (χ0) is 17.9. The number of carbonyl (C=O) groups excluding carboxylic acids is 2. The Labute approximate surface area is 148 Å². The first-order chi connectivity index (χ1) is 12.1. The molecule has 0 unspecified atom stereocenters. The minimum atomic E-state index is -0.658. The third-order valence-electron chi connectivity index (χ3n) is 5.41. The molecule has 0 aliphatic carbocycles. The summed E-state index contributed by atoms with van der Waals surface area (Å²) in [4.78, 5) is 27.5. The number of rotatable bonds is 4. The van der Waals surface area contributed by atoms with E-state index in [-0.39, 0.29) is 18.0 Å². The van der Waals surface area contributed by atoms with Crippen molar-refractivity contribution in [1.82, 2.24) is 4.90 Å². The van der Waals surface area contributed by atoms with Gasteiger partial charge in [-0.2, -0.15) is 0 Å². The maximum atomic E-state index is 13.6. The van der Waals surface area contributed by atoms with Crippen molar-refractivity contribution in [2.45, 2.75) is 36.8 Å². The fourth-order valence-corrected chi connectivity index (χ4v) is 3.93. The maximum absolute atomic E-state index is 13.6. The number of hydrogen-bond acceptors (Lipinski definition) is 5.